The van der Waals surface area contributed by atoms with E-state index in [4.69, 9.17) is 0 Å². The highest BCUT2D eigenvalue weighted by Gasteiger charge is 2.43. The molecule has 0 aromatic rings. The lowest BCUT2D eigenvalue weighted by atomic mass is 9.55. The van der Waals surface area contributed by atoms with Gasteiger partial charge in [0.15, 0.2) is 0 Å². The van der Waals surface area contributed by atoms with Crippen LogP contribution in [0, 0.1) is 35.0 Å². The molecule has 0 N–H and O–H groups in total. The van der Waals surface area contributed by atoms with Crippen molar-refractivity contribution >= 4 is 0 Å². The van der Waals surface area contributed by atoms with Gasteiger partial charge in [0, 0.05) is 0 Å². The molecule has 0 heterocycles. The highest BCUT2D eigenvalue weighted by atomic mass is 14.5. The normalized spacial score (nSPS) is 19.9. The first-order valence-corrected chi connectivity index (χ1v) is 9.27. The van der Waals surface area contributed by atoms with Crippen LogP contribution in [-0.4, -0.2) is 0 Å². The molecular weight excluding hydrogens is 240 g/mol. The Hall–Kier alpha value is 0. The highest BCUT2D eigenvalue weighted by Crippen LogP contribution is 2.50. The fourth-order valence-electron chi connectivity index (χ4n) is 4.36. The van der Waals surface area contributed by atoms with Crippen molar-refractivity contribution in [2.75, 3.05) is 0 Å². The van der Waals surface area contributed by atoms with Crippen LogP contribution >= 0.6 is 0 Å². The monoisotopic (exact) mass is 282 g/mol. The zero-order valence-corrected chi connectivity index (χ0v) is 15.9. The molecule has 0 bridgehead atoms. The van der Waals surface area contributed by atoms with Crippen LogP contribution in [0.25, 0.3) is 0 Å². The predicted octanol–water partition coefficient (Wildman–Crippen LogP) is 7.18. The van der Waals surface area contributed by atoms with E-state index in [1.54, 1.807) is 0 Å². The average Bonchev–Trinajstić information content (AvgIpc) is 2.43. The van der Waals surface area contributed by atoms with Crippen molar-refractivity contribution in [1.82, 2.24) is 0 Å². The van der Waals surface area contributed by atoms with Crippen LogP contribution in [0.2, 0.25) is 0 Å². The van der Waals surface area contributed by atoms with E-state index < -0.39 is 0 Å². The van der Waals surface area contributed by atoms with Gasteiger partial charge in [-0.05, 0) is 35.0 Å². The summed E-state index contributed by atoms with van der Waals surface area (Å²) < 4.78 is 0. The molecule has 0 amide bonds. The van der Waals surface area contributed by atoms with Crippen molar-refractivity contribution in [1.29, 1.82) is 0 Å². The first-order chi connectivity index (χ1) is 9.27. The van der Waals surface area contributed by atoms with Gasteiger partial charge in [-0.25, -0.2) is 0 Å². The van der Waals surface area contributed by atoms with E-state index in [9.17, 15) is 0 Å². The van der Waals surface area contributed by atoms with E-state index in [0.717, 1.165) is 29.6 Å². The lowest BCUT2D eigenvalue weighted by Crippen LogP contribution is -2.43. The van der Waals surface area contributed by atoms with Crippen LogP contribution in [-0.2, 0) is 0 Å². The molecule has 122 valence electrons. The van der Waals surface area contributed by atoms with Crippen molar-refractivity contribution in [2.24, 2.45) is 35.0 Å². The molecule has 0 heteroatoms. The van der Waals surface area contributed by atoms with E-state index in [1.807, 2.05) is 0 Å². The van der Waals surface area contributed by atoms with E-state index in [1.165, 1.54) is 32.1 Å². The third-order valence-electron chi connectivity index (χ3n) is 6.66. The predicted molar refractivity (Wildman–Crippen MR) is 94.0 cm³/mol. The Bertz CT molecular complexity index is 236. The van der Waals surface area contributed by atoms with Crippen LogP contribution in [0.3, 0.4) is 0 Å². The second kappa shape index (κ2) is 9.11. The van der Waals surface area contributed by atoms with Gasteiger partial charge >= 0.3 is 0 Å². The first kappa shape index (κ1) is 20.0. The highest BCUT2D eigenvalue weighted by molar-refractivity contribution is 4.92. The van der Waals surface area contributed by atoms with Gasteiger partial charge in [0.25, 0.3) is 0 Å². The van der Waals surface area contributed by atoms with Crippen LogP contribution in [0.4, 0.5) is 0 Å². The van der Waals surface area contributed by atoms with Crippen molar-refractivity contribution in [3.63, 3.8) is 0 Å². The standard InChI is InChI=1S/C20H42/c1-10-13-19(14-11-2)18(8)20(9,16(6)12-3)17(7)15(4)5/h15-19H,10-14H2,1-9H3. The smallest absolute Gasteiger partial charge is 0.0244 e. The van der Waals surface area contributed by atoms with Gasteiger partial charge in [0.05, 0.1) is 0 Å². The summed E-state index contributed by atoms with van der Waals surface area (Å²) in [5, 5.41) is 0. The van der Waals surface area contributed by atoms with Crippen molar-refractivity contribution < 1.29 is 0 Å². The largest absolute Gasteiger partial charge is 0.0654 e. The lowest BCUT2D eigenvalue weighted by Gasteiger charge is -2.50. The van der Waals surface area contributed by atoms with E-state index in [-0.39, 0.29) is 0 Å². The molecule has 0 fully saturated rings. The Balaban J connectivity index is 5.37. The number of hydrogen-bond acceptors (Lipinski definition) is 0. The molecule has 0 saturated heterocycles. The van der Waals surface area contributed by atoms with Gasteiger partial charge in [0.1, 0.15) is 0 Å². The van der Waals surface area contributed by atoms with Gasteiger partial charge < -0.3 is 0 Å². The summed E-state index contributed by atoms with van der Waals surface area (Å²) >= 11 is 0. The first-order valence-electron chi connectivity index (χ1n) is 9.27. The summed E-state index contributed by atoms with van der Waals surface area (Å²) in [5.41, 5.74) is 0.470. The van der Waals surface area contributed by atoms with E-state index >= 15 is 0 Å². The summed E-state index contributed by atoms with van der Waals surface area (Å²) in [6.07, 6.45) is 6.80. The molecular formula is C20H42. The van der Waals surface area contributed by atoms with Crippen LogP contribution in [0.5, 0.6) is 0 Å². The van der Waals surface area contributed by atoms with Crippen molar-refractivity contribution in [3.05, 3.63) is 0 Å². The van der Waals surface area contributed by atoms with Crippen LogP contribution < -0.4 is 0 Å². The molecule has 0 aromatic heterocycles. The molecule has 4 unspecified atom stereocenters. The zero-order valence-electron chi connectivity index (χ0n) is 15.9. The Kier molecular flexibility index (Phi) is 9.11. The number of hydrogen-bond donors (Lipinski definition) is 0. The summed E-state index contributed by atoms with van der Waals surface area (Å²) in [4.78, 5) is 0. The molecule has 0 aromatic carbocycles. The molecule has 0 rings (SSSR count). The SMILES string of the molecule is CCCC(CCC)C(C)C(C)(C(C)CC)C(C)C(C)C. The molecule has 0 radical (unpaired) electrons. The summed E-state index contributed by atoms with van der Waals surface area (Å²) in [6.45, 7) is 22.0. The summed E-state index contributed by atoms with van der Waals surface area (Å²) in [6, 6.07) is 0. The topological polar surface area (TPSA) is 0 Å². The maximum atomic E-state index is 2.59. The Morgan fingerprint density at radius 1 is 0.750 bits per heavy atom. The fourth-order valence-corrected chi connectivity index (χ4v) is 4.36. The molecule has 0 aliphatic carbocycles. The average molecular weight is 283 g/mol. The van der Waals surface area contributed by atoms with Crippen LogP contribution in [0.15, 0.2) is 0 Å². The Morgan fingerprint density at radius 3 is 1.50 bits per heavy atom. The summed E-state index contributed by atoms with van der Waals surface area (Å²) in [7, 11) is 0. The van der Waals surface area contributed by atoms with E-state index in [2.05, 4.69) is 62.3 Å². The van der Waals surface area contributed by atoms with Gasteiger partial charge in [-0.3, -0.25) is 0 Å². The second-order valence-electron chi connectivity index (χ2n) is 7.83. The lowest BCUT2D eigenvalue weighted by molar-refractivity contribution is -0.0144. The minimum absolute atomic E-state index is 0.470. The molecule has 0 saturated carbocycles. The maximum Gasteiger partial charge on any atom is -0.0244 e. The Labute approximate surface area is 130 Å². The minimum atomic E-state index is 0.470. The van der Waals surface area contributed by atoms with Crippen molar-refractivity contribution in [2.45, 2.75) is 94.4 Å². The molecule has 20 heavy (non-hydrogen) atoms. The molecule has 0 aliphatic rings. The molecule has 0 nitrogen and oxygen atoms in total. The van der Waals surface area contributed by atoms with Crippen LogP contribution in [0.1, 0.15) is 94.4 Å². The minimum Gasteiger partial charge on any atom is -0.0654 e. The quantitative estimate of drug-likeness (QED) is 0.398. The fraction of sp³-hybridized carbons (Fsp3) is 1.00. The van der Waals surface area contributed by atoms with Gasteiger partial charge in [-0.15, -0.1) is 0 Å². The molecule has 0 spiro atoms. The van der Waals surface area contributed by atoms with Gasteiger partial charge in [-0.2, -0.15) is 0 Å². The third-order valence-corrected chi connectivity index (χ3v) is 6.66. The second-order valence-corrected chi connectivity index (χ2v) is 7.83. The molecule has 0 aliphatic heterocycles. The third kappa shape index (κ3) is 4.50. The van der Waals surface area contributed by atoms with E-state index in [0.29, 0.717) is 5.41 Å². The van der Waals surface area contributed by atoms with Gasteiger partial charge in [0.2, 0.25) is 0 Å². The molecule has 4 atom stereocenters. The zero-order chi connectivity index (χ0) is 15.9. The van der Waals surface area contributed by atoms with Crippen molar-refractivity contribution in [3.8, 4) is 0 Å². The Morgan fingerprint density at radius 2 is 1.20 bits per heavy atom. The summed E-state index contributed by atoms with van der Waals surface area (Å²) in [5.74, 6) is 4.12. The number of rotatable bonds is 10. The maximum absolute atomic E-state index is 2.59. The van der Waals surface area contributed by atoms with Gasteiger partial charge in [-0.1, -0.05) is 94.4 Å².